The first-order valence-corrected chi connectivity index (χ1v) is 6.63. The van der Waals surface area contributed by atoms with Crippen LogP contribution in [-0.4, -0.2) is 19.6 Å². The van der Waals surface area contributed by atoms with Gasteiger partial charge in [0.1, 0.15) is 11.5 Å². The summed E-state index contributed by atoms with van der Waals surface area (Å²) in [4.78, 5) is 12.4. The predicted molar refractivity (Wildman–Crippen MR) is 83.0 cm³/mol. The molecule has 0 aliphatic heterocycles. The van der Waals surface area contributed by atoms with Gasteiger partial charge in [0.05, 0.1) is 30.7 Å². The number of carbonyl (C=O) groups is 1. The molecule has 21 heavy (non-hydrogen) atoms. The van der Waals surface area contributed by atoms with E-state index in [-0.39, 0.29) is 5.91 Å². The van der Waals surface area contributed by atoms with Gasteiger partial charge in [-0.05, 0) is 31.2 Å². The fourth-order valence-corrected chi connectivity index (χ4v) is 1.96. The van der Waals surface area contributed by atoms with Gasteiger partial charge in [-0.1, -0.05) is 18.2 Å². The van der Waals surface area contributed by atoms with Crippen LogP contribution in [0, 0.1) is 0 Å². The largest absolute Gasteiger partial charge is 0.495 e. The van der Waals surface area contributed by atoms with Crippen molar-refractivity contribution in [1.82, 2.24) is 0 Å². The Morgan fingerprint density at radius 1 is 1.14 bits per heavy atom. The molecule has 0 atom stereocenters. The molecular weight excluding hydrogens is 268 g/mol. The molecule has 0 aliphatic rings. The van der Waals surface area contributed by atoms with Crippen LogP contribution < -0.4 is 20.5 Å². The smallest absolute Gasteiger partial charge is 0.257 e. The van der Waals surface area contributed by atoms with Gasteiger partial charge < -0.3 is 20.5 Å². The summed E-state index contributed by atoms with van der Waals surface area (Å²) in [5.74, 6) is 0.786. The molecule has 2 aromatic rings. The van der Waals surface area contributed by atoms with Crippen LogP contribution >= 0.6 is 0 Å². The maximum absolute atomic E-state index is 12.4. The van der Waals surface area contributed by atoms with Crippen LogP contribution in [0.25, 0.3) is 0 Å². The number of nitrogen functional groups attached to an aromatic ring is 1. The quantitative estimate of drug-likeness (QED) is 0.829. The summed E-state index contributed by atoms with van der Waals surface area (Å²) < 4.78 is 10.6. The molecule has 2 rings (SSSR count). The Labute approximate surface area is 123 Å². The van der Waals surface area contributed by atoms with E-state index in [4.69, 9.17) is 15.2 Å². The van der Waals surface area contributed by atoms with Gasteiger partial charge in [-0.25, -0.2) is 0 Å². The highest BCUT2D eigenvalue weighted by atomic mass is 16.5. The van der Waals surface area contributed by atoms with E-state index in [0.717, 1.165) is 0 Å². The maximum Gasteiger partial charge on any atom is 0.257 e. The standard InChI is InChI=1S/C16H18N2O3/c1-3-21-13-9-5-4-8-12(13)18-16(19)11-7-6-10-14(20-2)15(11)17/h4-10H,3,17H2,1-2H3,(H,18,19). The van der Waals surface area contributed by atoms with Crippen molar-refractivity contribution < 1.29 is 14.3 Å². The molecule has 2 aromatic carbocycles. The second-order valence-corrected chi connectivity index (χ2v) is 4.30. The molecule has 0 saturated heterocycles. The summed E-state index contributed by atoms with van der Waals surface area (Å²) in [5.41, 5.74) is 7.20. The van der Waals surface area contributed by atoms with Crippen molar-refractivity contribution in [2.24, 2.45) is 0 Å². The average Bonchev–Trinajstić information content (AvgIpc) is 2.49. The number of methoxy groups -OCH3 is 1. The Balaban J connectivity index is 2.26. The molecule has 3 N–H and O–H groups in total. The minimum atomic E-state index is -0.307. The van der Waals surface area contributed by atoms with Crippen molar-refractivity contribution >= 4 is 17.3 Å². The molecular formula is C16H18N2O3. The first kappa shape index (κ1) is 14.7. The summed E-state index contributed by atoms with van der Waals surface area (Å²) in [7, 11) is 1.51. The third-order valence-electron chi connectivity index (χ3n) is 2.97. The molecule has 0 unspecified atom stereocenters. The SMILES string of the molecule is CCOc1ccccc1NC(=O)c1cccc(OC)c1N. The number of nitrogens with one attached hydrogen (secondary N) is 1. The number of rotatable bonds is 5. The number of amides is 1. The monoisotopic (exact) mass is 286 g/mol. The summed E-state index contributed by atoms with van der Waals surface area (Å²) in [6.07, 6.45) is 0. The van der Waals surface area contributed by atoms with Crippen LogP contribution in [0.3, 0.4) is 0 Å². The number of para-hydroxylation sites is 3. The minimum Gasteiger partial charge on any atom is -0.495 e. The van der Waals surface area contributed by atoms with Gasteiger partial charge in [-0.2, -0.15) is 0 Å². The molecule has 0 aromatic heterocycles. The van der Waals surface area contributed by atoms with Crippen molar-refractivity contribution in [3.05, 3.63) is 48.0 Å². The minimum absolute atomic E-state index is 0.307. The van der Waals surface area contributed by atoms with Crippen molar-refractivity contribution in [2.45, 2.75) is 6.92 Å². The molecule has 0 bridgehead atoms. The maximum atomic E-state index is 12.4. The number of hydrogen-bond acceptors (Lipinski definition) is 4. The van der Waals surface area contributed by atoms with Crippen LogP contribution in [0.2, 0.25) is 0 Å². The fraction of sp³-hybridized carbons (Fsp3) is 0.188. The number of ether oxygens (including phenoxy) is 2. The first-order chi connectivity index (χ1) is 10.2. The Morgan fingerprint density at radius 2 is 1.86 bits per heavy atom. The Morgan fingerprint density at radius 3 is 2.57 bits per heavy atom. The van der Waals surface area contributed by atoms with Gasteiger partial charge in [0.25, 0.3) is 5.91 Å². The fourth-order valence-electron chi connectivity index (χ4n) is 1.96. The van der Waals surface area contributed by atoms with Crippen LogP contribution in [0.1, 0.15) is 17.3 Å². The zero-order chi connectivity index (χ0) is 15.2. The number of nitrogens with two attached hydrogens (primary N) is 1. The third kappa shape index (κ3) is 3.25. The van der Waals surface area contributed by atoms with E-state index in [9.17, 15) is 4.79 Å². The molecule has 0 fully saturated rings. The molecule has 0 spiro atoms. The van der Waals surface area contributed by atoms with Gasteiger partial charge in [0.15, 0.2) is 0 Å². The van der Waals surface area contributed by atoms with Crippen LogP contribution in [-0.2, 0) is 0 Å². The highest BCUT2D eigenvalue weighted by Crippen LogP contribution is 2.28. The summed E-state index contributed by atoms with van der Waals surface area (Å²) in [6.45, 7) is 2.41. The molecule has 0 saturated carbocycles. The van der Waals surface area contributed by atoms with Gasteiger partial charge in [-0.3, -0.25) is 4.79 Å². The van der Waals surface area contributed by atoms with E-state index < -0.39 is 0 Å². The molecule has 0 aliphatic carbocycles. The lowest BCUT2D eigenvalue weighted by Crippen LogP contribution is -2.15. The van der Waals surface area contributed by atoms with E-state index >= 15 is 0 Å². The lowest BCUT2D eigenvalue weighted by Gasteiger charge is -2.13. The predicted octanol–water partition coefficient (Wildman–Crippen LogP) is 2.93. The van der Waals surface area contributed by atoms with Gasteiger partial charge in [0.2, 0.25) is 0 Å². The van der Waals surface area contributed by atoms with Gasteiger partial charge in [0, 0.05) is 0 Å². The molecule has 1 amide bonds. The van der Waals surface area contributed by atoms with Crippen molar-refractivity contribution in [3.63, 3.8) is 0 Å². The molecule has 5 heteroatoms. The highest BCUT2D eigenvalue weighted by molar-refractivity contribution is 6.09. The van der Waals surface area contributed by atoms with Crippen molar-refractivity contribution in [2.75, 3.05) is 24.8 Å². The normalized spacial score (nSPS) is 10.0. The van der Waals surface area contributed by atoms with E-state index in [2.05, 4.69) is 5.32 Å². The summed E-state index contributed by atoms with van der Waals surface area (Å²) >= 11 is 0. The first-order valence-electron chi connectivity index (χ1n) is 6.63. The van der Waals surface area contributed by atoms with Gasteiger partial charge >= 0.3 is 0 Å². The second kappa shape index (κ2) is 6.65. The summed E-state index contributed by atoms with van der Waals surface area (Å²) in [6, 6.07) is 12.3. The molecule has 0 heterocycles. The number of anilines is 2. The zero-order valence-corrected chi connectivity index (χ0v) is 12.1. The average molecular weight is 286 g/mol. The van der Waals surface area contributed by atoms with Crippen LogP contribution in [0.15, 0.2) is 42.5 Å². The number of carbonyl (C=O) groups excluding carboxylic acids is 1. The zero-order valence-electron chi connectivity index (χ0n) is 12.1. The topological polar surface area (TPSA) is 73.6 Å². The number of hydrogen-bond donors (Lipinski definition) is 2. The summed E-state index contributed by atoms with van der Waals surface area (Å²) in [5, 5.41) is 2.80. The van der Waals surface area contributed by atoms with Crippen molar-refractivity contribution in [1.29, 1.82) is 0 Å². The Bertz CT molecular complexity index is 641. The lowest BCUT2D eigenvalue weighted by molar-refractivity contribution is 0.102. The Hall–Kier alpha value is -2.69. The van der Waals surface area contributed by atoms with Crippen LogP contribution in [0.5, 0.6) is 11.5 Å². The third-order valence-corrected chi connectivity index (χ3v) is 2.97. The number of benzene rings is 2. The van der Waals surface area contributed by atoms with Crippen LogP contribution in [0.4, 0.5) is 11.4 Å². The molecule has 5 nitrogen and oxygen atoms in total. The van der Waals surface area contributed by atoms with E-state index in [1.807, 2.05) is 19.1 Å². The highest BCUT2D eigenvalue weighted by Gasteiger charge is 2.14. The lowest BCUT2D eigenvalue weighted by atomic mass is 10.1. The molecule has 110 valence electrons. The van der Waals surface area contributed by atoms with Crippen molar-refractivity contribution in [3.8, 4) is 11.5 Å². The van der Waals surface area contributed by atoms with E-state index in [1.165, 1.54) is 7.11 Å². The molecule has 0 radical (unpaired) electrons. The van der Waals surface area contributed by atoms with E-state index in [1.54, 1.807) is 30.3 Å². The second-order valence-electron chi connectivity index (χ2n) is 4.30. The van der Waals surface area contributed by atoms with E-state index in [0.29, 0.717) is 35.0 Å². The Kier molecular flexibility index (Phi) is 4.66. The van der Waals surface area contributed by atoms with Gasteiger partial charge in [-0.15, -0.1) is 0 Å².